The fraction of sp³-hybridized carbons (Fsp3) is 0.368. The molecule has 0 spiro atoms. The van der Waals surface area contributed by atoms with E-state index in [4.69, 9.17) is 4.74 Å². The molecule has 2 aromatic rings. The lowest BCUT2D eigenvalue weighted by Gasteiger charge is -2.33. The Morgan fingerprint density at radius 1 is 1.32 bits per heavy atom. The Labute approximate surface area is 152 Å². The number of amides is 1. The van der Waals surface area contributed by atoms with Crippen molar-refractivity contribution < 1.29 is 9.53 Å². The Balaban J connectivity index is 1.52. The number of thioether (sulfide) groups is 1. The number of hydrogen-bond donors (Lipinski definition) is 1. The Morgan fingerprint density at radius 2 is 2.16 bits per heavy atom. The molecule has 0 aliphatic carbocycles. The summed E-state index contributed by atoms with van der Waals surface area (Å²) in [6.07, 6.45) is 3.63. The molecule has 2 heterocycles. The van der Waals surface area contributed by atoms with Gasteiger partial charge in [0.25, 0.3) is 5.91 Å². The van der Waals surface area contributed by atoms with Crippen molar-refractivity contribution in [3.8, 4) is 0 Å². The highest BCUT2D eigenvalue weighted by atomic mass is 32.2. The number of aromatic nitrogens is 1. The van der Waals surface area contributed by atoms with Crippen molar-refractivity contribution in [2.45, 2.75) is 17.7 Å². The van der Waals surface area contributed by atoms with E-state index >= 15 is 0 Å². The van der Waals surface area contributed by atoms with E-state index in [2.05, 4.69) is 39.5 Å². The quantitative estimate of drug-likeness (QED) is 0.805. The van der Waals surface area contributed by atoms with Gasteiger partial charge in [0.15, 0.2) is 0 Å². The average Bonchev–Trinajstić information content (AvgIpc) is 2.67. The Morgan fingerprint density at radius 3 is 2.96 bits per heavy atom. The number of nitrogens with one attached hydrogen (secondary N) is 1. The number of benzene rings is 1. The number of carbonyl (C=O) groups is 1. The van der Waals surface area contributed by atoms with Gasteiger partial charge in [0, 0.05) is 32.4 Å². The standard InChI is InChI=1S/C19H23N3O2S/c1-25-19-17(8-5-9-20-19)18(23)21-12-16-14-22(10-11-24-16)13-15-6-3-2-4-7-15/h2-9,16H,10-14H2,1H3,(H,21,23). The summed E-state index contributed by atoms with van der Waals surface area (Å²) in [5, 5.41) is 3.73. The molecule has 1 amide bonds. The van der Waals surface area contributed by atoms with Crippen molar-refractivity contribution in [1.29, 1.82) is 0 Å². The van der Waals surface area contributed by atoms with Crippen LogP contribution in [-0.2, 0) is 11.3 Å². The molecule has 1 aliphatic heterocycles. The van der Waals surface area contributed by atoms with E-state index in [1.807, 2.05) is 12.3 Å². The monoisotopic (exact) mass is 357 g/mol. The summed E-state index contributed by atoms with van der Waals surface area (Å²) in [4.78, 5) is 19.0. The summed E-state index contributed by atoms with van der Waals surface area (Å²) < 4.78 is 5.81. The second-order valence-corrected chi connectivity index (χ2v) is 6.78. The van der Waals surface area contributed by atoms with Crippen LogP contribution in [0.3, 0.4) is 0 Å². The van der Waals surface area contributed by atoms with Gasteiger partial charge in [-0.3, -0.25) is 9.69 Å². The molecule has 1 N–H and O–H groups in total. The van der Waals surface area contributed by atoms with Gasteiger partial charge in [-0.05, 0) is 24.0 Å². The van der Waals surface area contributed by atoms with Gasteiger partial charge in [-0.25, -0.2) is 4.98 Å². The molecule has 6 heteroatoms. The van der Waals surface area contributed by atoms with Gasteiger partial charge in [-0.15, -0.1) is 11.8 Å². The Hall–Kier alpha value is -1.89. The SMILES string of the molecule is CSc1ncccc1C(=O)NCC1CN(Cc2ccccc2)CCO1. The zero-order chi connectivity index (χ0) is 17.5. The number of nitrogens with zero attached hydrogens (tertiary/aromatic N) is 2. The zero-order valence-corrected chi connectivity index (χ0v) is 15.2. The maximum Gasteiger partial charge on any atom is 0.254 e. The molecule has 1 unspecified atom stereocenters. The predicted octanol–water partition coefficient (Wildman–Crippen LogP) is 2.43. The van der Waals surface area contributed by atoms with E-state index < -0.39 is 0 Å². The first-order valence-corrected chi connectivity index (χ1v) is 9.64. The lowest BCUT2D eigenvalue weighted by molar-refractivity contribution is -0.0292. The molecule has 1 aromatic carbocycles. The largest absolute Gasteiger partial charge is 0.374 e. The first-order chi connectivity index (χ1) is 12.3. The summed E-state index contributed by atoms with van der Waals surface area (Å²) in [7, 11) is 0. The van der Waals surface area contributed by atoms with Crippen LogP contribution in [0, 0.1) is 0 Å². The molecule has 1 saturated heterocycles. The minimum Gasteiger partial charge on any atom is -0.374 e. The van der Waals surface area contributed by atoms with E-state index in [1.54, 1.807) is 18.3 Å². The van der Waals surface area contributed by atoms with Crippen LogP contribution in [-0.4, -0.2) is 54.4 Å². The molecule has 5 nitrogen and oxygen atoms in total. The zero-order valence-electron chi connectivity index (χ0n) is 14.4. The summed E-state index contributed by atoms with van der Waals surface area (Å²) in [5.41, 5.74) is 1.92. The van der Waals surface area contributed by atoms with Crippen LogP contribution in [0.2, 0.25) is 0 Å². The van der Waals surface area contributed by atoms with E-state index in [1.165, 1.54) is 17.3 Å². The molecule has 132 valence electrons. The van der Waals surface area contributed by atoms with Crippen LogP contribution < -0.4 is 5.32 Å². The third-order valence-electron chi connectivity index (χ3n) is 4.17. The Kier molecular flexibility index (Phi) is 6.44. The molecular weight excluding hydrogens is 334 g/mol. The molecule has 1 atom stereocenters. The highest BCUT2D eigenvalue weighted by molar-refractivity contribution is 7.98. The molecular formula is C19H23N3O2S. The molecule has 1 fully saturated rings. The normalized spacial score (nSPS) is 18.0. The van der Waals surface area contributed by atoms with Gasteiger partial charge >= 0.3 is 0 Å². The number of rotatable bonds is 6. The van der Waals surface area contributed by atoms with E-state index in [9.17, 15) is 4.79 Å². The number of carbonyl (C=O) groups excluding carboxylic acids is 1. The molecule has 1 aromatic heterocycles. The maximum atomic E-state index is 12.4. The minimum absolute atomic E-state index is 0.0100. The number of morpholine rings is 1. The highest BCUT2D eigenvalue weighted by Gasteiger charge is 2.21. The minimum atomic E-state index is -0.0961. The van der Waals surface area contributed by atoms with E-state index in [0.717, 1.165) is 24.7 Å². The molecule has 0 bridgehead atoms. The van der Waals surface area contributed by atoms with Crippen LogP contribution in [0.15, 0.2) is 53.7 Å². The number of ether oxygens (including phenoxy) is 1. The van der Waals surface area contributed by atoms with E-state index in [0.29, 0.717) is 18.7 Å². The lowest BCUT2D eigenvalue weighted by Crippen LogP contribution is -2.47. The molecule has 0 radical (unpaired) electrons. The van der Waals surface area contributed by atoms with Gasteiger partial charge in [0.2, 0.25) is 0 Å². The lowest BCUT2D eigenvalue weighted by atomic mass is 10.2. The Bertz CT molecular complexity index is 696. The van der Waals surface area contributed by atoms with Crippen LogP contribution in [0.1, 0.15) is 15.9 Å². The second kappa shape index (κ2) is 8.99. The van der Waals surface area contributed by atoms with Crippen molar-refractivity contribution in [3.63, 3.8) is 0 Å². The second-order valence-electron chi connectivity index (χ2n) is 5.98. The van der Waals surface area contributed by atoms with Crippen LogP contribution in [0.4, 0.5) is 0 Å². The summed E-state index contributed by atoms with van der Waals surface area (Å²) in [6.45, 7) is 3.84. The highest BCUT2D eigenvalue weighted by Crippen LogP contribution is 2.16. The van der Waals surface area contributed by atoms with Gasteiger partial charge in [0.1, 0.15) is 5.03 Å². The third kappa shape index (κ3) is 5.04. The topological polar surface area (TPSA) is 54.5 Å². The van der Waals surface area contributed by atoms with Crippen LogP contribution in [0.5, 0.6) is 0 Å². The van der Waals surface area contributed by atoms with E-state index in [-0.39, 0.29) is 12.0 Å². The van der Waals surface area contributed by atoms with Gasteiger partial charge in [-0.1, -0.05) is 30.3 Å². The first-order valence-electron chi connectivity index (χ1n) is 8.41. The van der Waals surface area contributed by atoms with Crippen molar-refractivity contribution in [2.75, 3.05) is 32.5 Å². The number of hydrogen-bond acceptors (Lipinski definition) is 5. The van der Waals surface area contributed by atoms with Crippen molar-refractivity contribution in [3.05, 3.63) is 59.8 Å². The van der Waals surface area contributed by atoms with Gasteiger partial charge < -0.3 is 10.1 Å². The fourth-order valence-corrected chi connectivity index (χ4v) is 3.46. The number of pyridine rings is 1. The molecule has 1 aliphatic rings. The van der Waals surface area contributed by atoms with Crippen LogP contribution in [0.25, 0.3) is 0 Å². The fourth-order valence-electron chi connectivity index (χ4n) is 2.92. The molecule has 25 heavy (non-hydrogen) atoms. The molecule has 3 rings (SSSR count). The maximum absolute atomic E-state index is 12.4. The third-order valence-corrected chi connectivity index (χ3v) is 4.88. The first kappa shape index (κ1) is 17.9. The summed E-state index contributed by atoms with van der Waals surface area (Å²) in [5.74, 6) is -0.0961. The van der Waals surface area contributed by atoms with Crippen molar-refractivity contribution in [2.24, 2.45) is 0 Å². The van der Waals surface area contributed by atoms with Gasteiger partial charge in [-0.2, -0.15) is 0 Å². The summed E-state index contributed by atoms with van der Waals surface area (Å²) >= 11 is 1.48. The summed E-state index contributed by atoms with van der Waals surface area (Å²) in [6, 6.07) is 14.0. The smallest absolute Gasteiger partial charge is 0.254 e. The van der Waals surface area contributed by atoms with Gasteiger partial charge in [0.05, 0.1) is 18.3 Å². The predicted molar refractivity (Wildman–Crippen MR) is 99.8 cm³/mol. The van der Waals surface area contributed by atoms with Crippen molar-refractivity contribution in [1.82, 2.24) is 15.2 Å². The molecule has 0 saturated carbocycles. The van der Waals surface area contributed by atoms with Crippen LogP contribution >= 0.6 is 11.8 Å². The van der Waals surface area contributed by atoms with Crippen molar-refractivity contribution >= 4 is 17.7 Å². The average molecular weight is 357 g/mol.